The van der Waals surface area contributed by atoms with Gasteiger partial charge >= 0.3 is 0 Å². The molecular formula is C12H21NOSi. The first kappa shape index (κ1) is 10.9. The smallest absolute Gasteiger partial charge is 0.222 e. The van der Waals surface area contributed by atoms with Gasteiger partial charge in [0, 0.05) is 6.04 Å². The highest BCUT2D eigenvalue weighted by Gasteiger charge is 2.52. The van der Waals surface area contributed by atoms with Crippen molar-refractivity contribution < 1.29 is 4.79 Å². The molecule has 2 bridgehead atoms. The van der Waals surface area contributed by atoms with Crippen molar-refractivity contribution in [3.63, 3.8) is 0 Å². The molecule has 2 aliphatic rings. The Balaban J connectivity index is 2.33. The predicted octanol–water partition coefficient (Wildman–Crippen LogP) is 2.78. The van der Waals surface area contributed by atoms with E-state index in [1.165, 1.54) is 0 Å². The van der Waals surface area contributed by atoms with E-state index >= 15 is 0 Å². The molecule has 0 aromatic heterocycles. The van der Waals surface area contributed by atoms with Crippen LogP contribution in [0.4, 0.5) is 0 Å². The van der Waals surface area contributed by atoms with E-state index in [4.69, 9.17) is 0 Å². The second kappa shape index (κ2) is 2.97. The first-order valence-corrected chi connectivity index (χ1v) is 8.71. The van der Waals surface area contributed by atoms with Crippen molar-refractivity contribution in [1.29, 1.82) is 0 Å². The topological polar surface area (TPSA) is 20.3 Å². The number of fused-ring (bicyclic) bond motifs is 2. The number of nitrogens with zero attached hydrogens (tertiary/aromatic N) is 1. The molecule has 1 aliphatic heterocycles. The van der Waals surface area contributed by atoms with Crippen molar-refractivity contribution in [3.05, 3.63) is 12.2 Å². The van der Waals surface area contributed by atoms with Crippen molar-refractivity contribution in [2.75, 3.05) is 0 Å². The third kappa shape index (κ3) is 1.40. The standard InChI is InChI=1S/C12H21NOSi/c1-12(2,3)15(4,5)13-10-7-6-9(8-10)11(13)14/h6-7,9-10H,8H2,1-5H3. The van der Waals surface area contributed by atoms with E-state index in [2.05, 4.69) is 50.6 Å². The van der Waals surface area contributed by atoms with Gasteiger partial charge in [0.1, 0.15) is 0 Å². The summed E-state index contributed by atoms with van der Waals surface area (Å²) in [5.74, 6) is 0.582. The Morgan fingerprint density at radius 2 is 1.93 bits per heavy atom. The van der Waals surface area contributed by atoms with Crippen LogP contribution in [0.5, 0.6) is 0 Å². The normalized spacial score (nSPS) is 30.5. The molecule has 1 aliphatic carbocycles. The van der Waals surface area contributed by atoms with Crippen LogP contribution in [0.3, 0.4) is 0 Å². The molecule has 2 rings (SSSR count). The van der Waals surface area contributed by atoms with Crippen LogP contribution in [-0.4, -0.2) is 24.7 Å². The zero-order chi connectivity index (χ0) is 11.4. The average Bonchev–Trinajstić information content (AvgIpc) is 2.60. The second-order valence-electron chi connectivity index (χ2n) is 6.31. The maximum absolute atomic E-state index is 12.2. The van der Waals surface area contributed by atoms with Crippen LogP contribution in [-0.2, 0) is 4.79 Å². The molecule has 1 fully saturated rings. The number of amides is 1. The van der Waals surface area contributed by atoms with Gasteiger partial charge in [-0.25, -0.2) is 0 Å². The monoisotopic (exact) mass is 223 g/mol. The highest BCUT2D eigenvalue weighted by atomic mass is 28.3. The molecule has 3 heteroatoms. The lowest BCUT2D eigenvalue weighted by molar-refractivity contribution is -0.127. The fourth-order valence-electron chi connectivity index (χ4n) is 2.45. The van der Waals surface area contributed by atoms with Gasteiger partial charge < -0.3 is 4.57 Å². The molecule has 0 saturated carbocycles. The van der Waals surface area contributed by atoms with E-state index in [1.807, 2.05) is 0 Å². The zero-order valence-corrected chi connectivity index (χ0v) is 11.4. The van der Waals surface area contributed by atoms with E-state index in [1.54, 1.807) is 0 Å². The Labute approximate surface area is 93.4 Å². The summed E-state index contributed by atoms with van der Waals surface area (Å²) in [6.07, 6.45) is 5.36. The van der Waals surface area contributed by atoms with Gasteiger partial charge in [0.05, 0.1) is 5.92 Å². The number of carbonyl (C=O) groups excluding carboxylic acids is 1. The molecule has 15 heavy (non-hydrogen) atoms. The first-order valence-electron chi connectivity index (χ1n) is 5.76. The molecule has 2 nitrogen and oxygen atoms in total. The summed E-state index contributed by atoms with van der Waals surface area (Å²) >= 11 is 0. The number of rotatable bonds is 1. The molecule has 1 amide bonds. The SMILES string of the molecule is CC(C)(C)[Si](C)(C)N1C(=O)C2C=CC1C2. The van der Waals surface area contributed by atoms with E-state index in [0.717, 1.165) is 6.42 Å². The van der Waals surface area contributed by atoms with Crippen molar-refractivity contribution >= 4 is 14.1 Å². The van der Waals surface area contributed by atoms with Gasteiger partial charge in [-0.15, -0.1) is 0 Å². The highest BCUT2D eigenvalue weighted by Crippen LogP contribution is 2.45. The zero-order valence-electron chi connectivity index (χ0n) is 10.4. The number of hydrogen-bond donors (Lipinski definition) is 0. The summed E-state index contributed by atoms with van der Waals surface area (Å²) in [5.41, 5.74) is 0. The molecule has 0 aromatic carbocycles. The Bertz CT molecular complexity index is 327. The summed E-state index contributed by atoms with van der Waals surface area (Å²) in [6, 6.07) is 0.406. The van der Waals surface area contributed by atoms with Crippen molar-refractivity contribution in [2.45, 2.75) is 51.4 Å². The lowest BCUT2D eigenvalue weighted by Crippen LogP contribution is -2.59. The minimum atomic E-state index is -1.66. The van der Waals surface area contributed by atoms with Crippen LogP contribution in [0.2, 0.25) is 18.1 Å². The van der Waals surface area contributed by atoms with E-state index in [9.17, 15) is 4.79 Å². The molecule has 0 aromatic rings. The lowest BCUT2D eigenvalue weighted by Gasteiger charge is -2.46. The number of hydrogen-bond acceptors (Lipinski definition) is 1. The third-order valence-corrected chi connectivity index (χ3v) is 9.81. The summed E-state index contributed by atoms with van der Waals surface area (Å²) in [7, 11) is -1.66. The van der Waals surface area contributed by atoms with Gasteiger partial charge in [0.15, 0.2) is 8.24 Å². The molecule has 0 N–H and O–H groups in total. The third-order valence-electron chi connectivity index (χ3n) is 4.38. The quantitative estimate of drug-likeness (QED) is 0.494. The molecule has 1 saturated heterocycles. The van der Waals surface area contributed by atoms with Crippen LogP contribution >= 0.6 is 0 Å². The van der Waals surface area contributed by atoms with Crippen LogP contribution in [0.15, 0.2) is 12.2 Å². The predicted molar refractivity (Wildman–Crippen MR) is 65.1 cm³/mol. The van der Waals surface area contributed by atoms with Gasteiger partial charge in [-0.2, -0.15) is 0 Å². The Hall–Kier alpha value is -0.573. The van der Waals surface area contributed by atoms with Gasteiger partial charge in [-0.3, -0.25) is 4.79 Å². The van der Waals surface area contributed by atoms with E-state index in [-0.39, 0.29) is 11.0 Å². The van der Waals surface area contributed by atoms with Gasteiger partial charge in [-0.1, -0.05) is 46.0 Å². The van der Waals surface area contributed by atoms with Crippen LogP contribution in [0.1, 0.15) is 27.2 Å². The first-order chi connectivity index (χ1) is 6.75. The fourth-order valence-corrected chi connectivity index (χ4v) is 4.91. The summed E-state index contributed by atoms with van der Waals surface area (Å²) in [5, 5.41) is 0.251. The van der Waals surface area contributed by atoms with Gasteiger partial charge in [0.25, 0.3) is 0 Å². The molecule has 2 unspecified atom stereocenters. The minimum Gasteiger partial charge on any atom is -0.363 e. The second-order valence-corrected chi connectivity index (χ2v) is 11.4. The van der Waals surface area contributed by atoms with Crippen LogP contribution in [0.25, 0.3) is 0 Å². The fraction of sp³-hybridized carbons (Fsp3) is 0.750. The minimum absolute atomic E-state index is 0.198. The highest BCUT2D eigenvalue weighted by molar-refractivity contribution is 6.79. The molecular weight excluding hydrogens is 202 g/mol. The molecule has 84 valence electrons. The van der Waals surface area contributed by atoms with E-state index < -0.39 is 8.24 Å². The largest absolute Gasteiger partial charge is 0.363 e. The maximum atomic E-state index is 12.2. The van der Waals surface area contributed by atoms with E-state index in [0.29, 0.717) is 11.9 Å². The van der Waals surface area contributed by atoms with Crippen LogP contribution in [0, 0.1) is 5.92 Å². The summed E-state index contributed by atoms with van der Waals surface area (Å²) in [4.78, 5) is 12.2. The average molecular weight is 223 g/mol. The lowest BCUT2D eigenvalue weighted by atomic mass is 10.1. The van der Waals surface area contributed by atoms with Crippen LogP contribution < -0.4 is 0 Å². The molecule has 0 spiro atoms. The van der Waals surface area contributed by atoms with Gasteiger partial charge in [0.2, 0.25) is 5.91 Å². The maximum Gasteiger partial charge on any atom is 0.222 e. The van der Waals surface area contributed by atoms with Gasteiger partial charge in [-0.05, 0) is 11.5 Å². The summed E-state index contributed by atoms with van der Waals surface area (Å²) in [6.45, 7) is 11.4. The molecule has 0 radical (unpaired) electrons. The Kier molecular flexibility index (Phi) is 2.16. The van der Waals surface area contributed by atoms with Crippen molar-refractivity contribution in [1.82, 2.24) is 4.57 Å². The Morgan fingerprint density at radius 3 is 2.33 bits per heavy atom. The van der Waals surface area contributed by atoms with Crippen molar-refractivity contribution in [2.24, 2.45) is 5.92 Å². The molecule has 1 heterocycles. The Morgan fingerprint density at radius 1 is 1.33 bits per heavy atom. The summed E-state index contributed by atoms with van der Waals surface area (Å²) < 4.78 is 2.23. The number of carbonyl (C=O) groups is 1. The molecule has 2 atom stereocenters. The van der Waals surface area contributed by atoms with Crippen molar-refractivity contribution in [3.8, 4) is 0 Å².